The Kier molecular flexibility index (Phi) is 16.8. The van der Waals surface area contributed by atoms with Gasteiger partial charge in [-0.1, -0.05) is 49.2 Å². The molecule has 4 heterocycles. The van der Waals surface area contributed by atoms with Crippen molar-refractivity contribution in [3.8, 4) is 17.2 Å². The van der Waals surface area contributed by atoms with E-state index in [2.05, 4.69) is 30.3 Å². The molecular formula is C51H62Cl2N10O8S. The molecule has 5 aromatic rings. The van der Waals surface area contributed by atoms with Gasteiger partial charge >= 0.3 is 5.69 Å². The van der Waals surface area contributed by atoms with Gasteiger partial charge in [-0.3, -0.25) is 43.0 Å². The van der Waals surface area contributed by atoms with E-state index in [9.17, 15) is 27.6 Å². The van der Waals surface area contributed by atoms with E-state index >= 15 is 0 Å². The molecule has 21 heteroatoms. The number of rotatable bonds is 18. The largest absolute Gasteiger partial charge is 0.493 e. The van der Waals surface area contributed by atoms with E-state index in [1.54, 1.807) is 78.6 Å². The number of ether oxygens (including phenoxy) is 2. The fraction of sp³-hybridized carbons (Fsp3) is 0.431. The second kappa shape index (κ2) is 23.2. The van der Waals surface area contributed by atoms with Crippen LogP contribution in [-0.4, -0.2) is 128 Å². The number of hydrazone groups is 1. The number of aryl methyl sites for hydroxylation is 2. The first-order chi connectivity index (χ1) is 34.5. The Labute approximate surface area is 429 Å². The smallest absolute Gasteiger partial charge is 0.328 e. The number of anilines is 2. The highest BCUT2D eigenvalue weighted by Gasteiger charge is 2.29. The first-order valence-electron chi connectivity index (χ1n) is 24.4. The molecule has 1 aromatic heterocycles. The average Bonchev–Trinajstić information content (AvgIpc) is 3.83. The number of aromatic nitrogens is 2. The van der Waals surface area contributed by atoms with E-state index < -0.39 is 10.0 Å². The van der Waals surface area contributed by atoms with Crippen molar-refractivity contribution in [3.05, 3.63) is 105 Å². The zero-order chi connectivity index (χ0) is 51.1. The van der Waals surface area contributed by atoms with E-state index in [-0.39, 0.29) is 57.6 Å². The van der Waals surface area contributed by atoms with Crippen molar-refractivity contribution < 1.29 is 32.3 Å². The predicted octanol–water partition coefficient (Wildman–Crippen LogP) is 6.52. The number of hydrogen-bond donors (Lipinski definition) is 3. The maximum absolute atomic E-state index is 14.1. The van der Waals surface area contributed by atoms with E-state index in [4.69, 9.17) is 32.7 Å². The number of carbonyl (C=O) groups excluding carboxylic acids is 3. The molecule has 1 atom stereocenters. The lowest BCUT2D eigenvalue weighted by atomic mass is 9.96. The molecule has 2 saturated heterocycles. The number of piperazine rings is 1. The van der Waals surface area contributed by atoms with Crippen molar-refractivity contribution in [2.45, 2.75) is 50.8 Å². The van der Waals surface area contributed by atoms with Crippen molar-refractivity contribution in [1.29, 1.82) is 0 Å². The number of sulfonamides is 1. The number of halogens is 2. The molecule has 3 N–H and O–H groups in total. The summed E-state index contributed by atoms with van der Waals surface area (Å²) in [4.78, 5) is 58.4. The van der Waals surface area contributed by atoms with Crippen LogP contribution in [0.15, 0.2) is 93.7 Å². The summed E-state index contributed by atoms with van der Waals surface area (Å²) in [6.07, 6.45) is 3.50. The van der Waals surface area contributed by atoms with E-state index in [0.29, 0.717) is 103 Å². The quantitative estimate of drug-likeness (QED) is 0.0811. The summed E-state index contributed by atoms with van der Waals surface area (Å²) in [5.41, 5.74) is 1.92. The lowest BCUT2D eigenvalue weighted by Crippen LogP contribution is -2.50. The molecule has 384 valence electrons. The van der Waals surface area contributed by atoms with Crippen LogP contribution in [-0.2, 0) is 33.7 Å². The summed E-state index contributed by atoms with van der Waals surface area (Å²) in [5, 5.41) is 13.1. The van der Waals surface area contributed by atoms with Crippen LogP contribution < -0.4 is 35.5 Å². The van der Waals surface area contributed by atoms with Gasteiger partial charge in [0.25, 0.3) is 15.9 Å². The van der Waals surface area contributed by atoms with Gasteiger partial charge < -0.3 is 25.0 Å². The topological polar surface area (TPSA) is 192 Å². The van der Waals surface area contributed by atoms with Crippen LogP contribution in [0.2, 0.25) is 10.0 Å². The Morgan fingerprint density at radius 1 is 0.819 bits per heavy atom. The molecule has 3 aliphatic heterocycles. The Balaban J connectivity index is 0.769. The normalized spacial score (nSPS) is 17.0. The SMILES string of the molecule is CCCOc1cccc(Oc2cc3c(cc2NS(=O)(=O)c2cccc(C(=O)N4CCN(CC5CCN(CC(=O)NCCCC(=O)NC6=NN(c7ccc(Cl)c(Cl)c7)CC6C)CC5)CC4)c2)n(C)c(=O)n3C)c1. The number of amides is 3. The first kappa shape index (κ1) is 52.2. The molecule has 0 bridgehead atoms. The molecule has 18 nitrogen and oxygen atoms in total. The predicted molar refractivity (Wildman–Crippen MR) is 280 cm³/mol. The van der Waals surface area contributed by atoms with Gasteiger partial charge in [0.15, 0.2) is 5.75 Å². The van der Waals surface area contributed by atoms with Gasteiger partial charge in [0.2, 0.25) is 11.8 Å². The molecule has 2 fully saturated rings. The molecule has 3 amide bonds. The number of nitrogens with zero attached hydrogens (tertiary/aromatic N) is 7. The maximum atomic E-state index is 14.1. The fourth-order valence-electron chi connectivity index (χ4n) is 9.19. The molecule has 1 unspecified atom stereocenters. The van der Waals surface area contributed by atoms with Crippen molar-refractivity contribution in [2.75, 3.05) is 81.8 Å². The molecule has 72 heavy (non-hydrogen) atoms. The summed E-state index contributed by atoms with van der Waals surface area (Å²) >= 11 is 12.2. The second-order valence-corrected chi connectivity index (χ2v) is 21.2. The second-order valence-electron chi connectivity index (χ2n) is 18.7. The van der Waals surface area contributed by atoms with Gasteiger partial charge in [-0.2, -0.15) is 5.10 Å². The molecule has 4 aromatic carbocycles. The molecule has 8 rings (SSSR count). The summed E-state index contributed by atoms with van der Waals surface area (Å²) in [5.74, 6) is 1.80. The van der Waals surface area contributed by atoms with Crippen LogP contribution in [0.1, 0.15) is 56.3 Å². The molecule has 0 radical (unpaired) electrons. The third kappa shape index (κ3) is 12.7. The minimum Gasteiger partial charge on any atom is -0.493 e. The van der Waals surface area contributed by atoms with Crippen molar-refractivity contribution in [3.63, 3.8) is 0 Å². The molecule has 0 saturated carbocycles. The van der Waals surface area contributed by atoms with Crippen LogP contribution in [0.5, 0.6) is 17.2 Å². The van der Waals surface area contributed by atoms with E-state index in [1.807, 2.05) is 26.0 Å². The zero-order valence-electron chi connectivity index (χ0n) is 41.0. The Morgan fingerprint density at radius 2 is 1.54 bits per heavy atom. The summed E-state index contributed by atoms with van der Waals surface area (Å²) in [7, 11) is -1.01. The lowest BCUT2D eigenvalue weighted by molar-refractivity contribution is -0.123. The number of imidazole rings is 1. The monoisotopic (exact) mass is 1040 g/mol. The minimum absolute atomic E-state index is 0.0223. The van der Waals surface area contributed by atoms with Crippen molar-refractivity contribution in [1.82, 2.24) is 34.5 Å². The highest BCUT2D eigenvalue weighted by molar-refractivity contribution is 7.92. The minimum atomic E-state index is -4.25. The van der Waals surface area contributed by atoms with Gasteiger partial charge in [-0.15, -0.1) is 0 Å². The number of piperidine rings is 1. The third-order valence-corrected chi connectivity index (χ3v) is 15.4. The van der Waals surface area contributed by atoms with Crippen molar-refractivity contribution >= 4 is 79.2 Å². The summed E-state index contributed by atoms with van der Waals surface area (Å²) in [6.45, 7) is 10.7. The highest BCUT2D eigenvalue weighted by Crippen LogP contribution is 2.36. The molecule has 3 aliphatic rings. The maximum Gasteiger partial charge on any atom is 0.328 e. The van der Waals surface area contributed by atoms with Crippen LogP contribution in [0, 0.1) is 11.8 Å². The number of likely N-dealkylation sites (tertiary alicyclic amines) is 1. The van der Waals surface area contributed by atoms with Gasteiger partial charge in [-0.05, 0) is 99.3 Å². The average molecular weight is 1050 g/mol. The van der Waals surface area contributed by atoms with Crippen molar-refractivity contribution in [2.24, 2.45) is 31.0 Å². The van der Waals surface area contributed by atoms with Crippen LogP contribution in [0.25, 0.3) is 11.0 Å². The Hall–Kier alpha value is -6.12. The highest BCUT2D eigenvalue weighted by atomic mass is 35.5. The van der Waals surface area contributed by atoms with Crippen LogP contribution >= 0.6 is 23.2 Å². The number of nitrogens with one attached hydrogen (secondary N) is 3. The van der Waals surface area contributed by atoms with Gasteiger partial charge in [0.1, 0.15) is 17.3 Å². The Bertz CT molecular complexity index is 3000. The third-order valence-electron chi connectivity index (χ3n) is 13.3. The molecule has 0 spiro atoms. The first-order valence-corrected chi connectivity index (χ1v) is 26.6. The summed E-state index contributed by atoms with van der Waals surface area (Å²) in [6, 6.07) is 21.5. The van der Waals surface area contributed by atoms with Crippen LogP contribution in [0.4, 0.5) is 11.4 Å². The zero-order valence-corrected chi connectivity index (χ0v) is 43.4. The number of amidine groups is 1. The van der Waals surface area contributed by atoms with Gasteiger partial charge in [0, 0.05) is 83.4 Å². The molecular weight excluding hydrogens is 984 g/mol. The fourth-order valence-corrected chi connectivity index (χ4v) is 10.6. The van der Waals surface area contributed by atoms with Gasteiger partial charge in [-0.25, -0.2) is 13.2 Å². The Morgan fingerprint density at radius 3 is 2.28 bits per heavy atom. The molecule has 0 aliphatic carbocycles. The number of carbonyl (C=O) groups is 3. The standard InChI is InChI=1S/C51H62Cl2N10O8S/c1-5-25-70-38-10-7-11-39(28-38)71-46-30-45-44(58(3)51(67)59(45)4)29-43(46)57-72(68,69)40-12-6-9-36(26-40)50(66)62-23-21-61(22-24-62)32-35-16-19-60(20-17-35)33-48(65)54-18-8-13-47(64)55-49-34(2)31-63(56-49)37-14-15-41(52)42(53)27-37/h6-7,9-12,14-15,26-30,34-35,57H,5,8,13,16-25,31-33H2,1-4H3,(H,54,65)(H,55,56,64). The summed E-state index contributed by atoms with van der Waals surface area (Å²) < 4.78 is 45.7. The van der Waals surface area contributed by atoms with E-state index in [1.165, 1.54) is 21.3 Å². The number of fused-ring (bicyclic) bond motifs is 1. The number of benzene rings is 4. The van der Waals surface area contributed by atoms with Crippen LogP contribution in [0.3, 0.4) is 0 Å². The number of hydrogen-bond acceptors (Lipinski definition) is 12. The lowest BCUT2D eigenvalue weighted by Gasteiger charge is -2.38. The van der Waals surface area contributed by atoms with Gasteiger partial charge in [0.05, 0.1) is 57.0 Å². The van der Waals surface area contributed by atoms with E-state index in [0.717, 1.165) is 44.6 Å².